The van der Waals surface area contributed by atoms with Gasteiger partial charge >= 0.3 is 6.09 Å². The minimum Gasteiger partial charge on any atom is -0.463 e. The normalized spacial score (nSPS) is 20.8. The van der Waals surface area contributed by atoms with Crippen molar-refractivity contribution in [3.63, 3.8) is 0 Å². The number of aromatic nitrogens is 3. The fourth-order valence-electron chi connectivity index (χ4n) is 8.11. The smallest absolute Gasteiger partial charge is 0.463 e. The van der Waals surface area contributed by atoms with Crippen LogP contribution in [0.1, 0.15) is 51.0 Å². The first-order chi connectivity index (χ1) is 24.5. The number of nitrogens with zero attached hydrogens (tertiary/aromatic N) is 4. The maximum absolute atomic E-state index is 16.4. The van der Waals surface area contributed by atoms with Crippen LogP contribution in [0, 0.1) is 5.82 Å². The number of alkyl halides is 2. The Morgan fingerprint density at radius 2 is 1.80 bits per heavy atom. The molecule has 5 heterocycles. The van der Waals surface area contributed by atoms with Crippen LogP contribution >= 0.6 is 0 Å². The van der Waals surface area contributed by atoms with Gasteiger partial charge in [-0.15, -0.1) is 0 Å². The van der Waals surface area contributed by atoms with Gasteiger partial charge in [0.05, 0.1) is 38.7 Å². The molecule has 2 aromatic carbocycles. The Hall–Kier alpha value is -4.07. The van der Waals surface area contributed by atoms with Crippen molar-refractivity contribution in [2.45, 2.75) is 69.1 Å². The monoisotopic (exact) mass is 709 g/mol. The standard InChI is InChI=1S/C37H44F2N6O4.CH3F/c1-36(13-6-16-40-22-36)45(2,3)35(47)48-21-26(38)19-25-11-4-9-24-10-5-12-27(29(24)25)31-30(39)32-28(20-41-31)33(46)43-34(42-32)49-23-37-14-7-17-44(37)18-8-15-37;1-2/h4-5,9-12,20,26,40H,6-8,13-19,21-23H2,1-3H3;1H3/p+1. The maximum atomic E-state index is 16.4. The Bertz CT molecular complexity index is 1930. The lowest BCUT2D eigenvalue weighted by Gasteiger charge is -2.45. The highest BCUT2D eigenvalue weighted by Gasteiger charge is 2.49. The molecule has 2 atom stereocenters. The molecule has 4 aromatic rings. The molecule has 2 unspecified atom stereocenters. The van der Waals surface area contributed by atoms with Crippen LogP contribution in [0.5, 0.6) is 6.01 Å². The van der Waals surface area contributed by atoms with Crippen molar-refractivity contribution in [1.82, 2.24) is 25.2 Å². The van der Waals surface area contributed by atoms with E-state index in [1.54, 1.807) is 32.3 Å². The van der Waals surface area contributed by atoms with E-state index in [2.05, 4.69) is 25.2 Å². The number of nitrogens with one attached hydrogen (secondary N) is 2. The number of rotatable bonds is 9. The Kier molecular flexibility index (Phi) is 10.7. The topological polar surface area (TPSA) is 109 Å². The number of benzene rings is 2. The summed E-state index contributed by atoms with van der Waals surface area (Å²) in [7, 11) is 4.11. The van der Waals surface area contributed by atoms with Crippen LogP contribution in [-0.4, -0.2) is 108 Å². The second-order valence-electron chi connectivity index (χ2n) is 14.7. The van der Waals surface area contributed by atoms with Gasteiger partial charge in [0.2, 0.25) is 0 Å². The highest BCUT2D eigenvalue weighted by atomic mass is 19.1. The second-order valence-corrected chi connectivity index (χ2v) is 14.7. The van der Waals surface area contributed by atoms with Gasteiger partial charge in [0.1, 0.15) is 36.1 Å². The molecule has 13 heteroatoms. The number of likely N-dealkylation sites (N-methyl/N-ethyl adjacent to an activating group) is 1. The average Bonchev–Trinajstić information content (AvgIpc) is 3.72. The molecule has 3 fully saturated rings. The van der Waals surface area contributed by atoms with Gasteiger partial charge in [0.15, 0.2) is 5.82 Å². The molecule has 0 aliphatic carbocycles. The van der Waals surface area contributed by atoms with Crippen LogP contribution < -0.4 is 15.6 Å². The van der Waals surface area contributed by atoms with Crippen LogP contribution in [0.3, 0.4) is 0 Å². The van der Waals surface area contributed by atoms with Crippen LogP contribution in [0.25, 0.3) is 32.9 Å². The largest absolute Gasteiger partial charge is 0.516 e. The number of fused-ring (bicyclic) bond motifs is 3. The van der Waals surface area contributed by atoms with Crippen molar-refractivity contribution in [3.8, 4) is 17.3 Å². The minimum absolute atomic E-state index is 0.00109. The van der Waals surface area contributed by atoms with Crippen molar-refractivity contribution in [2.24, 2.45) is 0 Å². The number of piperidine rings is 1. The van der Waals surface area contributed by atoms with E-state index in [9.17, 15) is 14.0 Å². The number of aromatic amines is 1. The summed E-state index contributed by atoms with van der Waals surface area (Å²) in [6.07, 6.45) is 5.34. The first kappa shape index (κ1) is 36.7. The number of carbonyl (C=O) groups is 1. The van der Waals surface area contributed by atoms with Crippen molar-refractivity contribution in [2.75, 3.05) is 60.7 Å². The molecule has 0 saturated carbocycles. The van der Waals surface area contributed by atoms with Crippen molar-refractivity contribution in [1.29, 1.82) is 0 Å². The van der Waals surface area contributed by atoms with Crippen LogP contribution in [0.2, 0.25) is 0 Å². The number of pyridine rings is 1. The van der Waals surface area contributed by atoms with Crippen molar-refractivity contribution in [3.05, 3.63) is 64.3 Å². The van der Waals surface area contributed by atoms with E-state index in [0.29, 0.717) is 36.8 Å². The van der Waals surface area contributed by atoms with E-state index in [4.69, 9.17) is 9.47 Å². The summed E-state index contributed by atoms with van der Waals surface area (Å²) in [5.41, 5.74) is -0.0269. The molecular weight excluding hydrogens is 661 g/mol. The summed E-state index contributed by atoms with van der Waals surface area (Å²) in [4.78, 5) is 40.1. The molecule has 3 saturated heterocycles. The molecule has 274 valence electrons. The third-order valence-electron chi connectivity index (χ3n) is 11.4. The summed E-state index contributed by atoms with van der Waals surface area (Å²) in [5, 5.41) is 4.77. The van der Waals surface area contributed by atoms with E-state index in [1.165, 1.54) is 6.20 Å². The summed E-state index contributed by atoms with van der Waals surface area (Å²) < 4.78 is 53.1. The van der Waals surface area contributed by atoms with Gasteiger partial charge in [-0.2, -0.15) is 9.78 Å². The number of hydrogen-bond acceptors (Lipinski definition) is 8. The number of halogens is 3. The number of H-pyrrole nitrogens is 1. The highest BCUT2D eigenvalue weighted by Crippen LogP contribution is 2.39. The predicted octanol–water partition coefficient (Wildman–Crippen LogP) is 6.11. The Morgan fingerprint density at radius 3 is 2.51 bits per heavy atom. The number of ether oxygens (including phenoxy) is 2. The van der Waals surface area contributed by atoms with E-state index >= 15 is 8.78 Å². The third kappa shape index (κ3) is 6.95. The zero-order chi connectivity index (χ0) is 36.4. The highest BCUT2D eigenvalue weighted by molar-refractivity contribution is 5.99. The molecule has 0 bridgehead atoms. The Labute approximate surface area is 295 Å². The van der Waals surface area contributed by atoms with Crippen molar-refractivity contribution >= 4 is 27.8 Å². The molecule has 2 aromatic heterocycles. The van der Waals surface area contributed by atoms with E-state index in [-0.39, 0.29) is 44.6 Å². The zero-order valence-electron chi connectivity index (χ0n) is 29.9. The summed E-state index contributed by atoms with van der Waals surface area (Å²) in [6.45, 7) is 5.66. The fourth-order valence-corrected chi connectivity index (χ4v) is 8.11. The van der Waals surface area contributed by atoms with E-state index < -0.39 is 30.2 Å². The zero-order valence-corrected chi connectivity index (χ0v) is 29.9. The number of carbonyl (C=O) groups excluding carboxylic acids is 1. The van der Waals surface area contributed by atoms with Crippen LogP contribution in [0.15, 0.2) is 47.4 Å². The lowest BCUT2D eigenvalue weighted by atomic mass is 9.89. The molecule has 2 N–H and O–H groups in total. The molecule has 3 aliphatic heterocycles. The molecule has 3 aliphatic rings. The van der Waals surface area contributed by atoms with Gasteiger partial charge in [-0.1, -0.05) is 36.4 Å². The summed E-state index contributed by atoms with van der Waals surface area (Å²) in [5.74, 6) is -0.756. The summed E-state index contributed by atoms with van der Waals surface area (Å²) in [6, 6.07) is 10.8. The lowest BCUT2D eigenvalue weighted by molar-refractivity contribution is -0.871. The molecular formula is C38H48F3N6O4+. The lowest BCUT2D eigenvalue weighted by Crippen LogP contribution is -2.66. The Morgan fingerprint density at radius 1 is 1.08 bits per heavy atom. The first-order valence-corrected chi connectivity index (χ1v) is 17.7. The van der Waals surface area contributed by atoms with Gasteiger partial charge in [-0.05, 0) is 75.0 Å². The molecule has 0 radical (unpaired) electrons. The molecule has 51 heavy (non-hydrogen) atoms. The second kappa shape index (κ2) is 14.9. The SMILES string of the molecule is CC1([N+](C)(C)C(=O)OCC(F)Cc2cccc3cccc(-c4ncc5c(=O)[nH]c(OCC67CCCN6CCC7)nc5c4F)c23)CCCNC1.CF. The van der Waals surface area contributed by atoms with Gasteiger partial charge in [-0.3, -0.25) is 24.1 Å². The molecule has 1 amide bonds. The maximum Gasteiger partial charge on any atom is 0.516 e. The van der Waals surface area contributed by atoms with Gasteiger partial charge in [-0.25, -0.2) is 13.3 Å². The fraction of sp³-hybridized carbons (Fsp3) is 0.526. The third-order valence-corrected chi connectivity index (χ3v) is 11.4. The van der Waals surface area contributed by atoms with Crippen LogP contribution in [-0.2, 0) is 11.2 Å². The van der Waals surface area contributed by atoms with Gasteiger partial charge in [0, 0.05) is 24.6 Å². The first-order valence-electron chi connectivity index (χ1n) is 17.7. The van der Waals surface area contributed by atoms with Gasteiger partial charge in [0.25, 0.3) is 11.6 Å². The average molecular weight is 710 g/mol. The van der Waals surface area contributed by atoms with E-state index in [0.717, 1.165) is 63.5 Å². The minimum atomic E-state index is -1.50. The summed E-state index contributed by atoms with van der Waals surface area (Å²) >= 11 is 0. The predicted molar refractivity (Wildman–Crippen MR) is 191 cm³/mol. The molecule has 7 rings (SSSR count). The molecule has 10 nitrogen and oxygen atoms in total. The molecule has 0 spiro atoms. The number of amides is 1. The number of quaternary nitrogens is 1. The quantitative estimate of drug-likeness (QED) is 0.201. The Balaban J connectivity index is 0.00000220. The number of hydrogen-bond donors (Lipinski definition) is 2. The van der Waals surface area contributed by atoms with E-state index in [1.807, 2.05) is 25.1 Å². The van der Waals surface area contributed by atoms with Crippen LogP contribution in [0.4, 0.5) is 18.0 Å². The van der Waals surface area contributed by atoms with Gasteiger partial charge < -0.3 is 14.8 Å². The van der Waals surface area contributed by atoms with Crippen molar-refractivity contribution < 1.29 is 31.9 Å².